The molecule has 0 saturated carbocycles. The van der Waals surface area contributed by atoms with E-state index >= 15 is 0 Å². The van der Waals surface area contributed by atoms with Crippen LogP contribution in [-0.4, -0.2) is 22.8 Å². The number of hydrogen-bond acceptors (Lipinski definition) is 5. The molecule has 6 heteroatoms. The third-order valence-electron chi connectivity index (χ3n) is 2.09. The van der Waals surface area contributed by atoms with E-state index in [4.69, 9.17) is 4.74 Å². The summed E-state index contributed by atoms with van der Waals surface area (Å²) in [4.78, 5) is 32.7. The summed E-state index contributed by atoms with van der Waals surface area (Å²) in [7, 11) is 0. The molecule has 0 saturated heterocycles. The van der Waals surface area contributed by atoms with E-state index in [1.807, 2.05) is 0 Å². The van der Waals surface area contributed by atoms with Crippen LogP contribution in [0.5, 0.6) is 0 Å². The van der Waals surface area contributed by atoms with Crippen LogP contribution in [0.1, 0.15) is 24.2 Å². The van der Waals surface area contributed by atoms with Crippen molar-refractivity contribution in [1.29, 1.82) is 0 Å². The molecule has 1 aromatic rings. The van der Waals surface area contributed by atoms with Crippen LogP contribution in [0.3, 0.4) is 0 Å². The molecular formula is C13H13NO5. The topological polar surface area (TPSA) is 86.5 Å². The van der Waals surface area contributed by atoms with E-state index in [0.717, 1.165) is 12.2 Å². The van der Waals surface area contributed by atoms with E-state index in [1.165, 1.54) is 24.3 Å². The first kappa shape index (κ1) is 14.6. The molecule has 0 heterocycles. The summed E-state index contributed by atoms with van der Waals surface area (Å²) in [5.41, 5.74) is 0.166. The zero-order chi connectivity index (χ0) is 14.4. The van der Waals surface area contributed by atoms with Crippen molar-refractivity contribution in [3.8, 4) is 0 Å². The molecule has 0 atom stereocenters. The Bertz CT molecular complexity index is 516. The van der Waals surface area contributed by atoms with E-state index in [-0.39, 0.29) is 17.4 Å². The normalized spacial score (nSPS) is 10.7. The molecule has 0 amide bonds. The van der Waals surface area contributed by atoms with Gasteiger partial charge in [-0.05, 0) is 32.1 Å². The minimum Gasteiger partial charge on any atom is -0.460 e. The van der Waals surface area contributed by atoms with Gasteiger partial charge in [0.2, 0.25) is 0 Å². The molecule has 1 rings (SSSR count). The van der Waals surface area contributed by atoms with E-state index in [0.29, 0.717) is 0 Å². The average Bonchev–Trinajstić information content (AvgIpc) is 2.35. The van der Waals surface area contributed by atoms with Gasteiger partial charge in [0, 0.05) is 23.8 Å². The number of non-ortho nitro benzene ring substituents is 1. The van der Waals surface area contributed by atoms with Crippen molar-refractivity contribution in [2.24, 2.45) is 0 Å². The summed E-state index contributed by atoms with van der Waals surface area (Å²) in [6.07, 6.45) is 1.85. The predicted molar refractivity (Wildman–Crippen MR) is 67.8 cm³/mol. The number of hydrogen-bond donors (Lipinski definition) is 0. The summed E-state index contributed by atoms with van der Waals surface area (Å²) in [6, 6.07) is 5.12. The van der Waals surface area contributed by atoms with Crippen molar-refractivity contribution in [3.05, 3.63) is 52.1 Å². The fourth-order valence-electron chi connectivity index (χ4n) is 1.26. The Morgan fingerprint density at radius 1 is 1.21 bits per heavy atom. The third-order valence-corrected chi connectivity index (χ3v) is 2.09. The van der Waals surface area contributed by atoms with Crippen molar-refractivity contribution in [3.63, 3.8) is 0 Å². The first-order valence-electron chi connectivity index (χ1n) is 5.57. The van der Waals surface area contributed by atoms with Crippen molar-refractivity contribution in [1.82, 2.24) is 0 Å². The van der Waals surface area contributed by atoms with Gasteiger partial charge in [-0.1, -0.05) is 0 Å². The lowest BCUT2D eigenvalue weighted by atomic mass is 10.1. The highest BCUT2D eigenvalue weighted by atomic mass is 16.6. The molecule has 0 radical (unpaired) electrons. The Morgan fingerprint density at radius 2 is 1.79 bits per heavy atom. The van der Waals surface area contributed by atoms with Gasteiger partial charge in [0.1, 0.15) is 0 Å². The maximum Gasteiger partial charge on any atom is 0.331 e. The molecule has 0 spiro atoms. The maximum atomic E-state index is 11.7. The fraction of sp³-hybridized carbons (Fsp3) is 0.231. The van der Waals surface area contributed by atoms with Gasteiger partial charge >= 0.3 is 5.97 Å². The number of esters is 1. The van der Waals surface area contributed by atoms with Gasteiger partial charge in [0.05, 0.1) is 11.0 Å². The highest BCUT2D eigenvalue weighted by Gasteiger charge is 2.08. The quantitative estimate of drug-likeness (QED) is 0.267. The van der Waals surface area contributed by atoms with E-state index in [2.05, 4.69) is 0 Å². The number of carbonyl (C=O) groups is 2. The zero-order valence-electron chi connectivity index (χ0n) is 10.5. The highest BCUT2D eigenvalue weighted by molar-refractivity contribution is 6.07. The highest BCUT2D eigenvalue weighted by Crippen LogP contribution is 2.12. The summed E-state index contributed by atoms with van der Waals surface area (Å²) >= 11 is 0. The van der Waals surface area contributed by atoms with Gasteiger partial charge in [-0.25, -0.2) is 4.79 Å². The van der Waals surface area contributed by atoms with Crippen LogP contribution in [0, 0.1) is 10.1 Å². The number of nitro groups is 1. The van der Waals surface area contributed by atoms with E-state index < -0.39 is 16.7 Å². The van der Waals surface area contributed by atoms with Gasteiger partial charge in [-0.3, -0.25) is 14.9 Å². The van der Waals surface area contributed by atoms with Crippen LogP contribution >= 0.6 is 0 Å². The van der Waals surface area contributed by atoms with Gasteiger partial charge in [0.25, 0.3) is 5.69 Å². The monoisotopic (exact) mass is 263 g/mol. The number of ketones is 1. The van der Waals surface area contributed by atoms with E-state index in [1.54, 1.807) is 13.8 Å². The van der Waals surface area contributed by atoms with Gasteiger partial charge in [0.15, 0.2) is 5.78 Å². The lowest BCUT2D eigenvalue weighted by molar-refractivity contribution is -0.384. The number of carbonyl (C=O) groups excluding carboxylic acids is 2. The summed E-state index contributed by atoms with van der Waals surface area (Å²) in [6.45, 7) is 3.40. The van der Waals surface area contributed by atoms with Crippen molar-refractivity contribution >= 4 is 17.4 Å². The van der Waals surface area contributed by atoms with Crippen LogP contribution < -0.4 is 0 Å². The molecule has 1 aromatic carbocycles. The molecule has 0 aliphatic heterocycles. The Balaban J connectivity index is 2.70. The predicted octanol–water partition coefficient (Wildman–Crippen LogP) is 2.29. The standard InChI is InChI=1S/C13H13NO5/c1-9(2)19-13(16)8-7-12(15)10-3-5-11(6-4-10)14(17)18/h3-9H,1-2H3/b8-7+. The lowest BCUT2D eigenvalue weighted by Gasteiger charge is -2.03. The molecule has 0 aliphatic carbocycles. The molecule has 0 fully saturated rings. The van der Waals surface area contributed by atoms with E-state index in [9.17, 15) is 19.7 Å². The van der Waals surface area contributed by atoms with Crippen molar-refractivity contribution in [2.45, 2.75) is 20.0 Å². The van der Waals surface area contributed by atoms with Gasteiger partial charge in [-0.2, -0.15) is 0 Å². The Kier molecular flexibility index (Phi) is 4.93. The first-order chi connectivity index (χ1) is 8.90. The van der Waals surface area contributed by atoms with Crippen molar-refractivity contribution in [2.75, 3.05) is 0 Å². The molecule has 0 N–H and O–H groups in total. The molecule has 0 aromatic heterocycles. The molecular weight excluding hydrogens is 250 g/mol. The summed E-state index contributed by atoms with van der Waals surface area (Å²) in [5.74, 6) is -1.03. The van der Waals surface area contributed by atoms with Crippen LogP contribution in [-0.2, 0) is 9.53 Å². The summed E-state index contributed by atoms with van der Waals surface area (Å²) < 4.78 is 4.82. The number of nitro benzene ring substituents is 1. The smallest absolute Gasteiger partial charge is 0.331 e. The Morgan fingerprint density at radius 3 is 2.26 bits per heavy atom. The van der Waals surface area contributed by atoms with Crippen LogP contribution in [0.4, 0.5) is 5.69 Å². The van der Waals surface area contributed by atoms with Crippen LogP contribution in [0.25, 0.3) is 0 Å². The number of rotatable bonds is 5. The Labute approximate surface area is 109 Å². The molecule has 19 heavy (non-hydrogen) atoms. The first-order valence-corrected chi connectivity index (χ1v) is 5.57. The summed E-state index contributed by atoms with van der Waals surface area (Å²) in [5, 5.41) is 10.4. The number of ether oxygens (including phenoxy) is 1. The molecule has 0 bridgehead atoms. The van der Waals surface area contributed by atoms with Crippen LogP contribution in [0.15, 0.2) is 36.4 Å². The largest absolute Gasteiger partial charge is 0.460 e. The van der Waals surface area contributed by atoms with Crippen molar-refractivity contribution < 1.29 is 19.2 Å². The van der Waals surface area contributed by atoms with Crippen LogP contribution in [0.2, 0.25) is 0 Å². The minimum atomic E-state index is -0.606. The average molecular weight is 263 g/mol. The zero-order valence-corrected chi connectivity index (χ0v) is 10.5. The second-order valence-electron chi connectivity index (χ2n) is 3.99. The molecule has 6 nitrogen and oxygen atoms in total. The number of nitrogens with zero attached hydrogens (tertiary/aromatic N) is 1. The third kappa shape index (κ3) is 4.71. The lowest BCUT2D eigenvalue weighted by Crippen LogP contribution is -2.09. The number of benzene rings is 1. The fourth-order valence-corrected chi connectivity index (χ4v) is 1.26. The van der Waals surface area contributed by atoms with Gasteiger partial charge in [-0.15, -0.1) is 0 Å². The maximum absolute atomic E-state index is 11.7. The molecule has 0 unspecified atom stereocenters. The minimum absolute atomic E-state index is 0.0975. The molecule has 100 valence electrons. The SMILES string of the molecule is CC(C)OC(=O)/C=C/C(=O)c1ccc([N+](=O)[O-])cc1. The van der Waals surface area contributed by atoms with Gasteiger partial charge < -0.3 is 4.74 Å². The second-order valence-corrected chi connectivity index (χ2v) is 3.99. The Hall–Kier alpha value is -2.50. The molecule has 0 aliphatic rings. The number of allylic oxidation sites excluding steroid dienone is 1. The second kappa shape index (κ2) is 6.44.